The lowest BCUT2D eigenvalue weighted by atomic mass is 10.1. The number of nitrogens with one attached hydrogen (secondary N) is 2. The van der Waals surface area contributed by atoms with E-state index in [0.717, 1.165) is 12.1 Å². The van der Waals surface area contributed by atoms with Crippen molar-refractivity contribution < 1.29 is 13.6 Å². The molecule has 0 aliphatic carbocycles. The molecule has 0 spiro atoms. The van der Waals surface area contributed by atoms with Crippen molar-refractivity contribution in [3.63, 3.8) is 0 Å². The number of nitrogens with zero attached hydrogens (tertiary/aromatic N) is 1. The second-order valence-electron chi connectivity index (χ2n) is 4.75. The van der Waals surface area contributed by atoms with E-state index >= 15 is 0 Å². The summed E-state index contributed by atoms with van der Waals surface area (Å²) < 4.78 is 25.9. The summed E-state index contributed by atoms with van der Waals surface area (Å²) in [5.74, 6) is -1.22. The molecule has 0 fully saturated rings. The summed E-state index contributed by atoms with van der Waals surface area (Å²) in [6.45, 7) is 1.95. The standard InChI is InChI=1S/C15H17F2N3O/c1-2-13(15-18-7-8-19-15)20-14(21)6-4-10-3-5-11(16)12(17)9-10/h3,5,7-9,13H,2,4,6H2,1H3,(H,18,19)(H,20,21). The molecule has 0 aliphatic heterocycles. The van der Waals surface area contributed by atoms with Gasteiger partial charge in [0, 0.05) is 18.8 Å². The number of H-pyrrole nitrogens is 1. The zero-order valence-electron chi connectivity index (χ0n) is 11.7. The third-order valence-corrected chi connectivity index (χ3v) is 3.22. The van der Waals surface area contributed by atoms with Crippen molar-refractivity contribution in [1.29, 1.82) is 0 Å². The van der Waals surface area contributed by atoms with Crippen molar-refractivity contribution in [3.05, 3.63) is 53.6 Å². The number of halogens is 2. The molecule has 2 N–H and O–H groups in total. The first-order valence-electron chi connectivity index (χ1n) is 6.82. The normalized spacial score (nSPS) is 12.1. The van der Waals surface area contributed by atoms with Crippen molar-refractivity contribution in [2.24, 2.45) is 0 Å². The van der Waals surface area contributed by atoms with Crippen LogP contribution in [-0.4, -0.2) is 15.9 Å². The lowest BCUT2D eigenvalue weighted by Gasteiger charge is -2.14. The summed E-state index contributed by atoms with van der Waals surface area (Å²) >= 11 is 0. The van der Waals surface area contributed by atoms with E-state index in [1.54, 1.807) is 12.4 Å². The summed E-state index contributed by atoms with van der Waals surface area (Å²) in [7, 11) is 0. The average Bonchev–Trinajstić information content (AvgIpc) is 3.00. The molecule has 0 radical (unpaired) electrons. The highest BCUT2D eigenvalue weighted by atomic mass is 19.2. The Bertz CT molecular complexity index is 599. The van der Waals surface area contributed by atoms with Gasteiger partial charge >= 0.3 is 0 Å². The molecule has 1 unspecified atom stereocenters. The maximum atomic E-state index is 13.1. The third-order valence-electron chi connectivity index (χ3n) is 3.22. The molecule has 0 saturated heterocycles. The van der Waals surface area contributed by atoms with Gasteiger partial charge in [-0.15, -0.1) is 0 Å². The molecular formula is C15H17F2N3O. The average molecular weight is 293 g/mol. The summed E-state index contributed by atoms with van der Waals surface area (Å²) in [4.78, 5) is 19.0. The molecule has 1 heterocycles. The second kappa shape index (κ2) is 6.97. The van der Waals surface area contributed by atoms with Crippen molar-refractivity contribution in [1.82, 2.24) is 15.3 Å². The van der Waals surface area contributed by atoms with E-state index in [1.165, 1.54) is 6.07 Å². The van der Waals surface area contributed by atoms with E-state index in [0.29, 0.717) is 24.2 Å². The summed E-state index contributed by atoms with van der Waals surface area (Å²) in [6.07, 6.45) is 4.61. The summed E-state index contributed by atoms with van der Waals surface area (Å²) in [6, 6.07) is 3.50. The number of benzene rings is 1. The lowest BCUT2D eigenvalue weighted by molar-refractivity contribution is -0.121. The van der Waals surface area contributed by atoms with Gasteiger partial charge in [0.2, 0.25) is 5.91 Å². The van der Waals surface area contributed by atoms with E-state index in [4.69, 9.17) is 0 Å². The Morgan fingerprint density at radius 1 is 1.38 bits per heavy atom. The van der Waals surface area contributed by atoms with Crippen LogP contribution in [0.3, 0.4) is 0 Å². The van der Waals surface area contributed by atoms with Gasteiger partial charge in [-0.1, -0.05) is 13.0 Å². The fraction of sp³-hybridized carbons (Fsp3) is 0.333. The minimum Gasteiger partial charge on any atom is -0.347 e. The number of rotatable bonds is 6. The van der Waals surface area contributed by atoms with Crippen LogP contribution < -0.4 is 5.32 Å². The number of imidazole rings is 1. The molecule has 0 saturated carbocycles. The molecule has 6 heteroatoms. The zero-order valence-corrected chi connectivity index (χ0v) is 11.7. The van der Waals surface area contributed by atoms with Crippen LogP contribution in [0.1, 0.15) is 37.2 Å². The third kappa shape index (κ3) is 4.11. The molecule has 1 aromatic heterocycles. The Morgan fingerprint density at radius 2 is 2.19 bits per heavy atom. The van der Waals surface area contributed by atoms with E-state index in [2.05, 4.69) is 15.3 Å². The van der Waals surface area contributed by atoms with Crippen molar-refractivity contribution in [2.75, 3.05) is 0 Å². The number of amides is 1. The first-order valence-corrected chi connectivity index (χ1v) is 6.82. The number of aryl methyl sites for hydroxylation is 1. The number of hydrogen-bond acceptors (Lipinski definition) is 2. The molecule has 2 aromatic rings. The van der Waals surface area contributed by atoms with E-state index < -0.39 is 11.6 Å². The predicted octanol–water partition coefficient (Wildman–Crippen LogP) is 2.89. The maximum Gasteiger partial charge on any atom is 0.220 e. The molecule has 0 aliphatic rings. The Balaban J connectivity index is 1.88. The highest BCUT2D eigenvalue weighted by molar-refractivity contribution is 5.76. The van der Waals surface area contributed by atoms with Crippen LogP contribution in [0.4, 0.5) is 8.78 Å². The summed E-state index contributed by atoms with van der Waals surface area (Å²) in [5, 5.41) is 2.86. The monoisotopic (exact) mass is 293 g/mol. The lowest BCUT2D eigenvalue weighted by Crippen LogP contribution is -2.29. The van der Waals surface area contributed by atoms with Crippen LogP contribution in [-0.2, 0) is 11.2 Å². The molecule has 2 rings (SSSR count). The van der Waals surface area contributed by atoms with E-state index in [9.17, 15) is 13.6 Å². The fourth-order valence-electron chi connectivity index (χ4n) is 2.05. The van der Waals surface area contributed by atoms with Crippen LogP contribution >= 0.6 is 0 Å². The highest BCUT2D eigenvalue weighted by Gasteiger charge is 2.14. The van der Waals surface area contributed by atoms with Crippen LogP contribution in [0.15, 0.2) is 30.6 Å². The van der Waals surface area contributed by atoms with Gasteiger partial charge in [0.1, 0.15) is 5.82 Å². The van der Waals surface area contributed by atoms with Crippen LogP contribution in [0.25, 0.3) is 0 Å². The SMILES string of the molecule is CCC(NC(=O)CCc1ccc(F)c(F)c1)c1ncc[nH]1. The maximum absolute atomic E-state index is 13.1. The molecule has 1 atom stereocenters. The first kappa shape index (κ1) is 15.2. The Labute approximate surface area is 121 Å². The first-order chi connectivity index (χ1) is 10.1. The van der Waals surface area contributed by atoms with Crippen molar-refractivity contribution >= 4 is 5.91 Å². The molecule has 4 nitrogen and oxygen atoms in total. The zero-order chi connectivity index (χ0) is 15.2. The number of hydrogen-bond donors (Lipinski definition) is 2. The minimum absolute atomic E-state index is 0.150. The predicted molar refractivity (Wildman–Crippen MR) is 74.4 cm³/mol. The molecule has 112 valence electrons. The smallest absolute Gasteiger partial charge is 0.220 e. The van der Waals surface area contributed by atoms with Gasteiger partial charge in [-0.2, -0.15) is 0 Å². The van der Waals surface area contributed by atoms with Crippen LogP contribution in [0.2, 0.25) is 0 Å². The number of aromatic nitrogens is 2. The Hall–Kier alpha value is -2.24. The van der Waals surface area contributed by atoms with Crippen molar-refractivity contribution in [2.45, 2.75) is 32.2 Å². The minimum atomic E-state index is -0.894. The number of carbonyl (C=O) groups is 1. The second-order valence-corrected chi connectivity index (χ2v) is 4.75. The molecular weight excluding hydrogens is 276 g/mol. The van der Waals surface area contributed by atoms with Gasteiger partial charge in [0.05, 0.1) is 6.04 Å². The Morgan fingerprint density at radius 3 is 2.81 bits per heavy atom. The largest absolute Gasteiger partial charge is 0.347 e. The van der Waals surface area contributed by atoms with Gasteiger partial charge in [-0.05, 0) is 30.5 Å². The fourth-order valence-corrected chi connectivity index (χ4v) is 2.05. The molecule has 21 heavy (non-hydrogen) atoms. The Kier molecular flexibility index (Phi) is 5.03. The van der Waals surface area contributed by atoms with E-state index in [1.807, 2.05) is 6.92 Å². The van der Waals surface area contributed by atoms with Gasteiger partial charge in [-0.3, -0.25) is 4.79 Å². The molecule has 0 bridgehead atoms. The highest BCUT2D eigenvalue weighted by Crippen LogP contribution is 2.13. The van der Waals surface area contributed by atoms with Gasteiger partial charge in [0.15, 0.2) is 11.6 Å². The number of carbonyl (C=O) groups excluding carboxylic acids is 1. The van der Waals surface area contributed by atoms with Gasteiger partial charge in [-0.25, -0.2) is 13.8 Å². The van der Waals surface area contributed by atoms with E-state index in [-0.39, 0.29) is 18.4 Å². The summed E-state index contributed by atoms with van der Waals surface area (Å²) in [5.41, 5.74) is 0.593. The topological polar surface area (TPSA) is 57.8 Å². The van der Waals surface area contributed by atoms with Crippen LogP contribution in [0.5, 0.6) is 0 Å². The molecule has 1 amide bonds. The molecule has 1 aromatic carbocycles. The number of aromatic amines is 1. The van der Waals surface area contributed by atoms with Crippen LogP contribution in [0, 0.1) is 11.6 Å². The quantitative estimate of drug-likeness (QED) is 0.860. The van der Waals surface area contributed by atoms with Gasteiger partial charge in [0.25, 0.3) is 0 Å². The van der Waals surface area contributed by atoms with Crippen molar-refractivity contribution in [3.8, 4) is 0 Å². The van der Waals surface area contributed by atoms with Gasteiger partial charge < -0.3 is 10.3 Å².